The van der Waals surface area contributed by atoms with Gasteiger partial charge in [-0.2, -0.15) is 0 Å². The smallest absolute Gasteiger partial charge is 0.248 e. The molecule has 0 aliphatic carbocycles. The molecule has 0 spiro atoms. The summed E-state index contributed by atoms with van der Waals surface area (Å²) in [6.07, 6.45) is 4.63. The molecule has 1 aliphatic heterocycles. The summed E-state index contributed by atoms with van der Waals surface area (Å²) >= 11 is 1.82. The molecule has 6 aromatic rings. The fourth-order valence-electron chi connectivity index (χ4n) is 5.18. The predicted octanol–water partition coefficient (Wildman–Crippen LogP) is 6.99. The molecule has 6 nitrogen and oxygen atoms in total. The zero-order valence-corrected chi connectivity index (χ0v) is 24.4. The van der Waals surface area contributed by atoms with Crippen LogP contribution in [0.3, 0.4) is 0 Å². The standard InChI is InChI=1S/C24H25N3OS.C9H7NO.ClH/c1-2-6-20-18-25-24(17-19(20)5-1)28-15-4-10-26-11-13-27(14-12-26)22-7-3-8-23-21(22)9-16-29-23;11-9-5-7-3-1-2-4-8(7)6-10-9;/h1-3,5-9,16-18H,4,10-15H2;1-6H,(H,10,11);1H. The van der Waals surface area contributed by atoms with E-state index in [1.807, 2.05) is 60.0 Å². The molecular weight excluding hydrogens is 552 g/mol. The highest BCUT2D eigenvalue weighted by Gasteiger charge is 2.18. The average Bonchev–Trinajstić information content (AvgIpc) is 3.49. The average molecular weight is 585 g/mol. The van der Waals surface area contributed by atoms with Crippen LogP contribution in [-0.4, -0.2) is 54.2 Å². The summed E-state index contributed by atoms with van der Waals surface area (Å²) in [5, 5.41) is 7.95. The number of benzene rings is 3. The van der Waals surface area contributed by atoms with Gasteiger partial charge in [0.05, 0.1) is 6.61 Å². The van der Waals surface area contributed by atoms with Gasteiger partial charge in [-0.15, -0.1) is 23.7 Å². The Balaban J connectivity index is 0.000000236. The zero-order chi connectivity index (χ0) is 27.1. The van der Waals surface area contributed by atoms with E-state index in [1.54, 1.807) is 12.3 Å². The lowest BCUT2D eigenvalue weighted by Gasteiger charge is -2.36. The van der Waals surface area contributed by atoms with Gasteiger partial charge >= 0.3 is 0 Å². The molecule has 0 amide bonds. The van der Waals surface area contributed by atoms with Gasteiger partial charge in [-0.05, 0) is 46.2 Å². The minimum atomic E-state index is -0.0521. The van der Waals surface area contributed by atoms with E-state index in [0.29, 0.717) is 6.61 Å². The first-order valence-electron chi connectivity index (χ1n) is 13.7. The van der Waals surface area contributed by atoms with Crippen LogP contribution in [-0.2, 0) is 0 Å². The SMILES string of the molecule is Cl.O=c1cc2ccccc2c[nH]1.c1ccc2cc(OCCCN3CCN(c4cccc5sccc45)CC3)ncc2c1. The fourth-order valence-corrected chi connectivity index (χ4v) is 5.99. The van der Waals surface area contributed by atoms with Crippen molar-refractivity contribution >= 4 is 61.1 Å². The number of aromatic nitrogens is 2. The van der Waals surface area contributed by atoms with Crippen molar-refractivity contribution in [1.82, 2.24) is 14.9 Å². The molecule has 210 valence electrons. The van der Waals surface area contributed by atoms with Gasteiger partial charge in [0, 0.05) is 78.4 Å². The van der Waals surface area contributed by atoms with E-state index in [4.69, 9.17) is 4.74 Å². The lowest BCUT2D eigenvalue weighted by atomic mass is 10.2. The molecule has 0 bridgehead atoms. The first-order chi connectivity index (χ1) is 19.7. The van der Waals surface area contributed by atoms with Gasteiger partial charge in [0.25, 0.3) is 0 Å². The number of fused-ring (bicyclic) bond motifs is 3. The number of thiophene rings is 1. The van der Waals surface area contributed by atoms with Crippen LogP contribution >= 0.6 is 23.7 Å². The third kappa shape index (κ3) is 7.06. The summed E-state index contributed by atoms with van der Waals surface area (Å²) in [6, 6.07) is 28.5. The summed E-state index contributed by atoms with van der Waals surface area (Å²) in [5.74, 6) is 0.720. The van der Waals surface area contributed by atoms with Gasteiger partial charge in [-0.1, -0.05) is 54.6 Å². The van der Waals surface area contributed by atoms with Crippen molar-refractivity contribution in [1.29, 1.82) is 0 Å². The van der Waals surface area contributed by atoms with Crippen LogP contribution in [0.1, 0.15) is 6.42 Å². The highest BCUT2D eigenvalue weighted by Crippen LogP contribution is 2.31. The summed E-state index contributed by atoms with van der Waals surface area (Å²) in [5.41, 5.74) is 1.33. The second-order valence-electron chi connectivity index (χ2n) is 9.94. The summed E-state index contributed by atoms with van der Waals surface area (Å²) in [6.45, 7) is 6.16. The molecule has 41 heavy (non-hydrogen) atoms. The van der Waals surface area contributed by atoms with Crippen LogP contribution in [0.15, 0.2) is 107 Å². The topological polar surface area (TPSA) is 61.5 Å². The number of hydrogen-bond acceptors (Lipinski definition) is 6. The van der Waals surface area contributed by atoms with Crippen molar-refractivity contribution in [3.8, 4) is 5.88 Å². The summed E-state index contributed by atoms with van der Waals surface area (Å²) in [7, 11) is 0. The first kappa shape index (κ1) is 28.6. The van der Waals surface area contributed by atoms with Crippen molar-refractivity contribution in [2.75, 3.05) is 44.2 Å². The van der Waals surface area contributed by atoms with E-state index < -0.39 is 0 Å². The Labute approximate surface area is 249 Å². The van der Waals surface area contributed by atoms with Crippen LogP contribution in [0.2, 0.25) is 0 Å². The number of halogens is 1. The lowest BCUT2D eigenvalue weighted by molar-refractivity contribution is 0.222. The number of rotatable bonds is 6. The van der Waals surface area contributed by atoms with Gasteiger partial charge in [0.15, 0.2) is 0 Å². The summed E-state index contributed by atoms with van der Waals surface area (Å²) in [4.78, 5) is 22.9. The molecule has 0 unspecified atom stereocenters. The van der Waals surface area contributed by atoms with Crippen LogP contribution in [0.4, 0.5) is 5.69 Å². The molecule has 1 N–H and O–H groups in total. The van der Waals surface area contributed by atoms with Gasteiger partial charge in [-0.3, -0.25) is 9.69 Å². The molecule has 0 atom stereocenters. The maximum Gasteiger partial charge on any atom is 0.248 e. The molecule has 4 heterocycles. The third-order valence-electron chi connectivity index (χ3n) is 7.31. The fraction of sp³-hybridized carbons (Fsp3) is 0.212. The van der Waals surface area contributed by atoms with Gasteiger partial charge in [0.1, 0.15) is 0 Å². The molecule has 0 radical (unpaired) electrons. The Hall–Kier alpha value is -3.91. The van der Waals surface area contributed by atoms with Crippen LogP contribution in [0.5, 0.6) is 5.88 Å². The number of hydrogen-bond donors (Lipinski definition) is 1. The normalized spacial score (nSPS) is 13.5. The third-order valence-corrected chi connectivity index (χ3v) is 8.19. The predicted molar refractivity (Wildman–Crippen MR) is 174 cm³/mol. The van der Waals surface area contributed by atoms with E-state index in [-0.39, 0.29) is 18.0 Å². The Morgan fingerprint density at radius 3 is 2.37 bits per heavy atom. The second-order valence-corrected chi connectivity index (χ2v) is 10.9. The Bertz CT molecular complexity index is 1780. The van der Waals surface area contributed by atoms with Gasteiger partial charge in [-0.25, -0.2) is 4.98 Å². The van der Waals surface area contributed by atoms with Crippen molar-refractivity contribution in [2.24, 2.45) is 0 Å². The second kappa shape index (κ2) is 13.6. The number of anilines is 1. The molecule has 7 rings (SSSR count). The first-order valence-corrected chi connectivity index (χ1v) is 14.6. The van der Waals surface area contributed by atoms with E-state index in [2.05, 4.69) is 61.5 Å². The number of nitrogens with zero attached hydrogens (tertiary/aromatic N) is 3. The van der Waals surface area contributed by atoms with Crippen LogP contribution in [0.25, 0.3) is 31.6 Å². The highest BCUT2D eigenvalue weighted by molar-refractivity contribution is 7.17. The van der Waals surface area contributed by atoms with E-state index in [9.17, 15) is 4.79 Å². The maximum atomic E-state index is 10.8. The molecule has 1 fully saturated rings. The number of ether oxygens (including phenoxy) is 1. The Morgan fingerprint density at radius 2 is 1.56 bits per heavy atom. The number of aromatic amines is 1. The van der Waals surface area contributed by atoms with Crippen molar-refractivity contribution < 1.29 is 4.74 Å². The number of pyridine rings is 2. The largest absolute Gasteiger partial charge is 0.478 e. The molecule has 3 aromatic heterocycles. The van der Waals surface area contributed by atoms with Crippen molar-refractivity contribution in [3.05, 3.63) is 113 Å². The quantitative estimate of drug-likeness (QED) is 0.214. The molecular formula is C33H33ClN4O2S. The van der Waals surface area contributed by atoms with E-state index in [0.717, 1.165) is 61.2 Å². The zero-order valence-electron chi connectivity index (χ0n) is 22.7. The van der Waals surface area contributed by atoms with E-state index in [1.165, 1.54) is 21.2 Å². The lowest BCUT2D eigenvalue weighted by Crippen LogP contribution is -2.46. The molecule has 0 saturated carbocycles. The monoisotopic (exact) mass is 584 g/mol. The van der Waals surface area contributed by atoms with Crippen LogP contribution in [0, 0.1) is 0 Å². The van der Waals surface area contributed by atoms with Gasteiger partial charge in [0.2, 0.25) is 11.4 Å². The molecule has 3 aromatic carbocycles. The summed E-state index contributed by atoms with van der Waals surface area (Å²) < 4.78 is 7.27. The number of piperazine rings is 1. The maximum absolute atomic E-state index is 10.8. The molecule has 1 aliphatic rings. The molecule has 8 heteroatoms. The Kier molecular flexibility index (Phi) is 9.51. The highest BCUT2D eigenvalue weighted by atomic mass is 35.5. The minimum absolute atomic E-state index is 0. The van der Waals surface area contributed by atoms with Crippen molar-refractivity contribution in [2.45, 2.75) is 6.42 Å². The van der Waals surface area contributed by atoms with Crippen molar-refractivity contribution in [3.63, 3.8) is 0 Å². The number of H-pyrrole nitrogens is 1. The minimum Gasteiger partial charge on any atom is -0.478 e. The number of nitrogens with one attached hydrogen (secondary N) is 1. The molecule has 1 saturated heterocycles. The Morgan fingerprint density at radius 1 is 0.829 bits per heavy atom. The van der Waals surface area contributed by atoms with Gasteiger partial charge < -0.3 is 14.6 Å². The van der Waals surface area contributed by atoms with E-state index >= 15 is 0 Å². The van der Waals surface area contributed by atoms with Crippen LogP contribution < -0.4 is 15.2 Å².